The van der Waals surface area contributed by atoms with Crippen LogP contribution < -0.4 is 0 Å². The number of carbonyl (C=O) groups is 1. The SMILES string of the molecule is CCN(CCC(CC)(CCC[Si](OC)(OC)OC)CCC[Si](OC)(OC)OC)C(C)=O. The van der Waals surface area contributed by atoms with E-state index < -0.39 is 17.6 Å². The molecule has 0 aromatic rings. The molecule has 10 heteroatoms. The Hall–Kier alpha value is -0.336. The first kappa shape index (κ1) is 30.7. The summed E-state index contributed by atoms with van der Waals surface area (Å²) in [6.07, 6.45) is 5.92. The molecule has 0 aliphatic heterocycles. The zero-order valence-corrected chi connectivity index (χ0v) is 23.4. The van der Waals surface area contributed by atoms with Crippen molar-refractivity contribution in [1.82, 2.24) is 4.90 Å². The number of rotatable bonds is 19. The van der Waals surface area contributed by atoms with Crippen molar-refractivity contribution < 1.29 is 31.4 Å². The van der Waals surface area contributed by atoms with Crippen LogP contribution in [0.2, 0.25) is 12.1 Å². The molecule has 31 heavy (non-hydrogen) atoms. The molecule has 0 N–H and O–H groups in total. The van der Waals surface area contributed by atoms with Gasteiger partial charge in [-0.2, -0.15) is 0 Å². The summed E-state index contributed by atoms with van der Waals surface area (Å²) >= 11 is 0. The standard InChI is InChI=1S/C21H47NO7Si2/c1-10-21(16-17-22(11-2)20(3)23,14-12-18-30(24-4,25-5)26-6)15-13-19-31(27-7,28-8)29-9/h10-19H2,1-9H3. The van der Waals surface area contributed by atoms with Gasteiger partial charge in [0.15, 0.2) is 0 Å². The van der Waals surface area contributed by atoms with Crippen LogP contribution in [0.1, 0.15) is 59.3 Å². The van der Waals surface area contributed by atoms with Gasteiger partial charge in [-0.15, -0.1) is 0 Å². The van der Waals surface area contributed by atoms with Crippen molar-refractivity contribution in [3.8, 4) is 0 Å². The van der Waals surface area contributed by atoms with E-state index >= 15 is 0 Å². The average molecular weight is 482 g/mol. The largest absolute Gasteiger partial charge is 0.500 e. The Morgan fingerprint density at radius 3 is 1.39 bits per heavy atom. The topological polar surface area (TPSA) is 75.7 Å². The zero-order chi connectivity index (χ0) is 24.0. The van der Waals surface area contributed by atoms with Crippen molar-refractivity contribution in [2.75, 3.05) is 55.7 Å². The minimum Gasteiger partial charge on any atom is -0.377 e. The highest BCUT2D eigenvalue weighted by atomic mass is 28.4. The first-order valence-corrected chi connectivity index (χ1v) is 15.1. The fourth-order valence-electron chi connectivity index (χ4n) is 4.29. The van der Waals surface area contributed by atoms with Crippen molar-refractivity contribution in [3.05, 3.63) is 0 Å². The van der Waals surface area contributed by atoms with Crippen LogP contribution in [-0.2, 0) is 31.4 Å². The lowest BCUT2D eigenvalue weighted by Crippen LogP contribution is -2.43. The van der Waals surface area contributed by atoms with Gasteiger partial charge < -0.3 is 31.5 Å². The van der Waals surface area contributed by atoms with Crippen molar-refractivity contribution in [1.29, 1.82) is 0 Å². The summed E-state index contributed by atoms with van der Waals surface area (Å²) in [4.78, 5) is 13.9. The molecule has 0 aromatic heterocycles. The van der Waals surface area contributed by atoms with Gasteiger partial charge in [0.2, 0.25) is 5.91 Å². The number of carbonyl (C=O) groups excluding carboxylic acids is 1. The molecule has 0 aromatic carbocycles. The van der Waals surface area contributed by atoms with Crippen LogP contribution in [0.5, 0.6) is 0 Å². The van der Waals surface area contributed by atoms with Gasteiger partial charge in [0.05, 0.1) is 0 Å². The van der Waals surface area contributed by atoms with Crippen molar-refractivity contribution in [3.63, 3.8) is 0 Å². The van der Waals surface area contributed by atoms with E-state index in [2.05, 4.69) is 6.92 Å². The maximum absolute atomic E-state index is 11.9. The van der Waals surface area contributed by atoms with Gasteiger partial charge in [0.25, 0.3) is 0 Å². The minimum atomic E-state index is -2.60. The van der Waals surface area contributed by atoms with E-state index in [1.54, 1.807) is 49.6 Å². The van der Waals surface area contributed by atoms with Gasteiger partial charge in [-0.3, -0.25) is 4.79 Å². The van der Waals surface area contributed by atoms with E-state index in [1.165, 1.54) is 0 Å². The zero-order valence-electron chi connectivity index (χ0n) is 21.4. The van der Waals surface area contributed by atoms with Gasteiger partial charge in [0, 0.05) is 74.8 Å². The van der Waals surface area contributed by atoms with Crippen LogP contribution in [0.25, 0.3) is 0 Å². The predicted octanol–water partition coefficient (Wildman–Crippen LogP) is 3.96. The molecule has 0 aliphatic rings. The monoisotopic (exact) mass is 481 g/mol. The van der Waals surface area contributed by atoms with E-state index in [0.29, 0.717) is 0 Å². The van der Waals surface area contributed by atoms with Gasteiger partial charge >= 0.3 is 17.6 Å². The summed E-state index contributed by atoms with van der Waals surface area (Å²) < 4.78 is 33.6. The van der Waals surface area contributed by atoms with Crippen LogP contribution in [0, 0.1) is 5.41 Å². The van der Waals surface area contributed by atoms with Crippen LogP contribution in [-0.4, -0.2) is 84.2 Å². The Kier molecular flexibility index (Phi) is 15.3. The van der Waals surface area contributed by atoms with E-state index in [4.69, 9.17) is 26.6 Å². The molecule has 0 saturated heterocycles. The summed E-state index contributed by atoms with van der Waals surface area (Å²) in [5.41, 5.74) is 0.105. The molecule has 186 valence electrons. The molecule has 0 unspecified atom stereocenters. The quantitative estimate of drug-likeness (QED) is 0.258. The number of hydrogen-bond acceptors (Lipinski definition) is 7. The summed E-state index contributed by atoms with van der Waals surface area (Å²) in [6, 6.07) is 1.55. The Balaban J connectivity index is 5.34. The Morgan fingerprint density at radius 2 is 1.13 bits per heavy atom. The lowest BCUT2D eigenvalue weighted by molar-refractivity contribution is -0.129. The van der Waals surface area contributed by atoms with E-state index in [-0.39, 0.29) is 11.3 Å². The van der Waals surface area contributed by atoms with Gasteiger partial charge in [-0.05, 0) is 44.4 Å². The fourth-order valence-corrected chi connectivity index (χ4v) is 7.73. The Labute approximate surface area is 192 Å². The van der Waals surface area contributed by atoms with Crippen LogP contribution in [0.3, 0.4) is 0 Å². The third-order valence-corrected chi connectivity index (χ3v) is 12.4. The maximum Gasteiger partial charge on any atom is 0.500 e. The highest BCUT2D eigenvalue weighted by Crippen LogP contribution is 2.40. The van der Waals surface area contributed by atoms with Gasteiger partial charge in [-0.1, -0.05) is 13.3 Å². The summed E-state index contributed by atoms with van der Waals surface area (Å²) in [7, 11) is 4.74. The summed E-state index contributed by atoms with van der Waals surface area (Å²) in [6.45, 7) is 7.41. The molecular weight excluding hydrogens is 434 g/mol. The van der Waals surface area contributed by atoms with Crippen LogP contribution in [0.15, 0.2) is 0 Å². The summed E-state index contributed by atoms with van der Waals surface area (Å²) in [5.74, 6) is 0.127. The van der Waals surface area contributed by atoms with Gasteiger partial charge in [-0.25, -0.2) is 0 Å². The predicted molar refractivity (Wildman–Crippen MR) is 127 cm³/mol. The lowest BCUT2D eigenvalue weighted by Gasteiger charge is -2.37. The van der Waals surface area contributed by atoms with Crippen LogP contribution >= 0.6 is 0 Å². The number of hydrogen-bond donors (Lipinski definition) is 0. The van der Waals surface area contributed by atoms with E-state index in [9.17, 15) is 4.79 Å². The Morgan fingerprint density at radius 1 is 0.742 bits per heavy atom. The second-order valence-electron chi connectivity index (χ2n) is 8.00. The third kappa shape index (κ3) is 9.59. The molecule has 1 amide bonds. The first-order chi connectivity index (χ1) is 14.7. The Bertz CT molecular complexity index is 446. The average Bonchev–Trinajstić information content (AvgIpc) is 2.80. The van der Waals surface area contributed by atoms with Crippen molar-refractivity contribution in [2.24, 2.45) is 5.41 Å². The minimum absolute atomic E-state index is 0.105. The summed E-state index contributed by atoms with van der Waals surface area (Å²) in [5, 5.41) is 0. The van der Waals surface area contributed by atoms with Crippen molar-refractivity contribution in [2.45, 2.75) is 71.4 Å². The lowest BCUT2D eigenvalue weighted by atomic mass is 9.74. The van der Waals surface area contributed by atoms with Crippen LogP contribution in [0.4, 0.5) is 0 Å². The molecule has 8 nitrogen and oxygen atoms in total. The molecular formula is C21H47NO7Si2. The molecule has 0 heterocycles. The van der Waals surface area contributed by atoms with Crippen molar-refractivity contribution >= 4 is 23.5 Å². The molecule has 0 saturated carbocycles. The van der Waals surface area contributed by atoms with Gasteiger partial charge in [0.1, 0.15) is 0 Å². The fraction of sp³-hybridized carbons (Fsp3) is 0.952. The van der Waals surface area contributed by atoms with E-state index in [1.807, 2.05) is 11.8 Å². The molecule has 0 radical (unpaired) electrons. The molecule has 0 spiro atoms. The molecule has 0 atom stereocenters. The van der Waals surface area contributed by atoms with E-state index in [0.717, 1.165) is 63.7 Å². The number of amides is 1. The third-order valence-electron chi connectivity index (χ3n) is 6.74. The second-order valence-corrected chi connectivity index (χ2v) is 14.2. The first-order valence-electron chi connectivity index (χ1n) is 11.3. The molecule has 0 fully saturated rings. The molecule has 0 rings (SSSR count). The highest BCUT2D eigenvalue weighted by molar-refractivity contribution is 6.60. The maximum atomic E-state index is 11.9. The smallest absolute Gasteiger partial charge is 0.377 e. The normalized spacial score (nSPS) is 12.9. The highest BCUT2D eigenvalue weighted by Gasteiger charge is 2.40. The molecule has 0 aliphatic carbocycles. The number of nitrogens with zero attached hydrogens (tertiary/aromatic N) is 1. The molecule has 0 bridgehead atoms. The second kappa shape index (κ2) is 15.5.